The topological polar surface area (TPSA) is 85.1 Å². The predicted octanol–water partition coefficient (Wildman–Crippen LogP) is 3.24. The molecule has 8 heteroatoms. The zero-order chi connectivity index (χ0) is 18.1. The first-order chi connectivity index (χ1) is 12.0. The van der Waals surface area contributed by atoms with E-state index < -0.39 is 11.7 Å². The van der Waals surface area contributed by atoms with Crippen LogP contribution < -0.4 is 0 Å². The molecule has 1 aromatic carbocycles. The van der Waals surface area contributed by atoms with Gasteiger partial charge in [0.2, 0.25) is 0 Å². The first-order valence-corrected chi connectivity index (χ1v) is 7.75. The van der Waals surface area contributed by atoms with Gasteiger partial charge in [0.25, 0.3) is 5.91 Å². The van der Waals surface area contributed by atoms with Gasteiger partial charge < -0.3 is 9.88 Å². The third kappa shape index (κ3) is 2.92. The smallest absolute Gasteiger partial charge is 0.289 e. The van der Waals surface area contributed by atoms with E-state index in [0.29, 0.717) is 24.2 Å². The third-order valence-corrected chi connectivity index (χ3v) is 4.36. The molecule has 1 aliphatic rings. The Bertz CT molecular complexity index is 946. The molecule has 2 heterocycles. The van der Waals surface area contributed by atoms with E-state index in [1.54, 1.807) is 0 Å². The van der Waals surface area contributed by atoms with Crippen LogP contribution in [0.2, 0.25) is 5.02 Å². The zero-order valence-corrected chi connectivity index (χ0v) is 13.9. The molecule has 0 saturated heterocycles. The Labute approximate surface area is 147 Å². The lowest BCUT2D eigenvalue weighted by atomic mass is 10.00. The second-order valence-corrected chi connectivity index (χ2v) is 5.90. The van der Waals surface area contributed by atoms with Crippen LogP contribution in [0.5, 0.6) is 0 Å². The molecule has 0 atom stereocenters. The van der Waals surface area contributed by atoms with E-state index in [0.717, 1.165) is 0 Å². The highest BCUT2D eigenvalue weighted by Gasteiger charge is 2.27. The maximum atomic E-state index is 13.9. The second-order valence-electron chi connectivity index (χ2n) is 5.49. The Hall–Kier alpha value is -2.98. The summed E-state index contributed by atoms with van der Waals surface area (Å²) in [7, 11) is 0. The number of halogens is 2. The number of nitrogens with one attached hydrogen (secondary N) is 1. The first kappa shape index (κ1) is 16.9. The molecule has 126 valence electrons. The minimum absolute atomic E-state index is 0.0125. The SMILES string of the molecule is C=NC1=C(C(=C)C#N)CN(C(=O)c2nc3c(F)ccc(Cl)c3[nH]2)CC1. The Balaban J connectivity index is 1.95. The second kappa shape index (κ2) is 6.49. The molecule has 2 aromatic rings. The van der Waals surface area contributed by atoms with Crippen molar-refractivity contribution >= 4 is 35.3 Å². The lowest BCUT2D eigenvalue weighted by Crippen LogP contribution is -2.37. The Morgan fingerprint density at radius 3 is 2.92 bits per heavy atom. The summed E-state index contributed by atoms with van der Waals surface area (Å²) < 4.78 is 13.9. The molecule has 1 N–H and O–H groups in total. The summed E-state index contributed by atoms with van der Waals surface area (Å²) in [5.41, 5.74) is 1.73. The normalized spacial score (nSPS) is 14.5. The van der Waals surface area contributed by atoms with E-state index in [9.17, 15) is 9.18 Å². The van der Waals surface area contributed by atoms with Gasteiger partial charge in [0, 0.05) is 30.8 Å². The van der Waals surface area contributed by atoms with Crippen LogP contribution in [0, 0.1) is 17.1 Å². The van der Waals surface area contributed by atoms with Crippen molar-refractivity contribution in [2.75, 3.05) is 13.1 Å². The van der Waals surface area contributed by atoms with Gasteiger partial charge in [0.05, 0.1) is 22.2 Å². The molecule has 0 radical (unpaired) electrons. The van der Waals surface area contributed by atoms with E-state index in [1.165, 1.54) is 17.0 Å². The number of aromatic nitrogens is 2. The number of hydrogen-bond donors (Lipinski definition) is 1. The number of aromatic amines is 1. The summed E-state index contributed by atoms with van der Waals surface area (Å²) >= 11 is 6.02. The molecule has 1 aromatic heterocycles. The highest BCUT2D eigenvalue weighted by atomic mass is 35.5. The van der Waals surface area contributed by atoms with Crippen LogP contribution in [0.25, 0.3) is 11.0 Å². The number of carbonyl (C=O) groups excluding carboxylic acids is 1. The van der Waals surface area contributed by atoms with Gasteiger partial charge in [-0.3, -0.25) is 9.79 Å². The molecule has 1 aliphatic heterocycles. The molecule has 3 rings (SSSR count). The van der Waals surface area contributed by atoms with Gasteiger partial charge in [0.1, 0.15) is 5.52 Å². The van der Waals surface area contributed by atoms with Gasteiger partial charge in [-0.2, -0.15) is 5.26 Å². The standard InChI is InChI=1S/C17H13ClFN5O/c1-9(7-20)10-8-24(6-5-13(10)21-2)17(25)16-22-14-11(18)3-4-12(19)15(14)23-16/h3-4H,1-2,5-6,8H2,(H,22,23). The molecule has 0 aliphatic carbocycles. The van der Waals surface area contributed by atoms with Crippen molar-refractivity contribution in [1.29, 1.82) is 5.26 Å². The van der Waals surface area contributed by atoms with E-state index in [1.807, 2.05) is 6.07 Å². The van der Waals surface area contributed by atoms with Gasteiger partial charge in [-0.25, -0.2) is 9.37 Å². The van der Waals surface area contributed by atoms with Crippen LogP contribution in [0.1, 0.15) is 17.0 Å². The summed E-state index contributed by atoms with van der Waals surface area (Å²) in [5.74, 6) is -0.998. The van der Waals surface area contributed by atoms with E-state index in [2.05, 4.69) is 28.3 Å². The Kier molecular flexibility index (Phi) is 4.38. The minimum Gasteiger partial charge on any atom is -0.333 e. The largest absolute Gasteiger partial charge is 0.333 e. The average Bonchev–Trinajstić information content (AvgIpc) is 3.09. The molecular formula is C17H13ClFN5O. The molecular weight excluding hydrogens is 345 g/mol. The molecule has 0 unspecified atom stereocenters. The Morgan fingerprint density at radius 2 is 2.28 bits per heavy atom. The first-order valence-electron chi connectivity index (χ1n) is 7.37. The Morgan fingerprint density at radius 1 is 1.52 bits per heavy atom. The molecule has 25 heavy (non-hydrogen) atoms. The molecule has 0 bridgehead atoms. The van der Waals surface area contributed by atoms with E-state index >= 15 is 0 Å². The molecule has 6 nitrogen and oxygen atoms in total. The van der Waals surface area contributed by atoms with Gasteiger partial charge in [-0.05, 0) is 18.9 Å². The van der Waals surface area contributed by atoms with E-state index in [4.69, 9.17) is 16.9 Å². The quantitative estimate of drug-likeness (QED) is 0.676. The lowest BCUT2D eigenvalue weighted by molar-refractivity contribution is 0.0754. The van der Waals surface area contributed by atoms with Crippen molar-refractivity contribution in [3.63, 3.8) is 0 Å². The lowest BCUT2D eigenvalue weighted by Gasteiger charge is -2.28. The van der Waals surface area contributed by atoms with Gasteiger partial charge in [0.15, 0.2) is 11.6 Å². The third-order valence-electron chi connectivity index (χ3n) is 4.04. The highest BCUT2D eigenvalue weighted by molar-refractivity contribution is 6.35. The molecule has 0 spiro atoms. The minimum atomic E-state index is -0.565. The summed E-state index contributed by atoms with van der Waals surface area (Å²) in [6.45, 7) is 7.71. The number of rotatable bonds is 3. The van der Waals surface area contributed by atoms with Crippen molar-refractivity contribution in [1.82, 2.24) is 14.9 Å². The number of fused-ring (bicyclic) bond motifs is 1. The maximum Gasteiger partial charge on any atom is 0.289 e. The van der Waals surface area contributed by atoms with Gasteiger partial charge in [-0.1, -0.05) is 18.2 Å². The summed E-state index contributed by atoms with van der Waals surface area (Å²) in [4.78, 5) is 24.9. The van der Waals surface area contributed by atoms with Gasteiger partial charge in [-0.15, -0.1) is 0 Å². The fourth-order valence-electron chi connectivity index (χ4n) is 2.72. The van der Waals surface area contributed by atoms with Crippen molar-refractivity contribution < 1.29 is 9.18 Å². The highest BCUT2D eigenvalue weighted by Crippen LogP contribution is 2.27. The van der Waals surface area contributed by atoms with E-state index in [-0.39, 0.29) is 34.0 Å². The summed E-state index contributed by atoms with van der Waals surface area (Å²) in [6, 6.07) is 4.56. The number of benzene rings is 1. The predicted molar refractivity (Wildman–Crippen MR) is 92.9 cm³/mol. The number of nitrogens with zero attached hydrogens (tertiary/aromatic N) is 4. The average molecular weight is 358 g/mol. The van der Waals surface area contributed by atoms with Crippen LogP contribution in [-0.4, -0.2) is 40.6 Å². The number of H-pyrrole nitrogens is 1. The van der Waals surface area contributed by atoms with Crippen LogP contribution >= 0.6 is 11.6 Å². The van der Waals surface area contributed by atoms with Crippen LogP contribution in [0.3, 0.4) is 0 Å². The molecule has 0 saturated carbocycles. The summed E-state index contributed by atoms with van der Waals surface area (Å²) in [5, 5.41) is 9.35. The summed E-state index contributed by atoms with van der Waals surface area (Å²) in [6.07, 6.45) is 0.445. The van der Waals surface area contributed by atoms with Crippen LogP contribution in [0.4, 0.5) is 4.39 Å². The monoisotopic (exact) mass is 357 g/mol. The molecule has 0 fully saturated rings. The molecule has 1 amide bonds. The number of aliphatic imine (C=N–C) groups is 1. The number of amides is 1. The van der Waals surface area contributed by atoms with Crippen molar-refractivity contribution in [3.8, 4) is 6.07 Å². The van der Waals surface area contributed by atoms with Crippen molar-refractivity contribution in [2.45, 2.75) is 6.42 Å². The van der Waals surface area contributed by atoms with Crippen LogP contribution in [-0.2, 0) is 0 Å². The fraction of sp³-hybridized carbons (Fsp3) is 0.176. The number of carbonyl (C=O) groups is 1. The van der Waals surface area contributed by atoms with Crippen molar-refractivity contribution in [2.24, 2.45) is 4.99 Å². The van der Waals surface area contributed by atoms with Gasteiger partial charge >= 0.3 is 0 Å². The fourth-order valence-corrected chi connectivity index (χ4v) is 2.92. The maximum absolute atomic E-state index is 13.9. The zero-order valence-electron chi connectivity index (χ0n) is 13.1. The van der Waals surface area contributed by atoms with Crippen molar-refractivity contribution in [3.05, 3.63) is 52.2 Å². The number of nitriles is 1. The number of hydrogen-bond acceptors (Lipinski definition) is 4. The van der Waals surface area contributed by atoms with Crippen LogP contribution in [0.15, 0.2) is 40.5 Å². The number of imidazole rings is 1.